The molecule has 1 atom stereocenters. The third kappa shape index (κ3) is 23.6. The minimum atomic E-state index is -0.153. The van der Waals surface area contributed by atoms with Crippen LogP contribution in [0.2, 0.25) is 0 Å². The Bertz CT molecular complexity index is 326. The molecule has 0 heterocycles. The third-order valence-electron chi connectivity index (χ3n) is 5.91. The number of hydrogen-bond acceptors (Lipinski definition) is 2. The fourth-order valence-electron chi connectivity index (χ4n) is 3.92. The second-order valence-electron chi connectivity index (χ2n) is 9.01. The highest BCUT2D eigenvalue weighted by atomic mass is 16.5. The zero-order valence-corrected chi connectivity index (χ0v) is 20.2. The van der Waals surface area contributed by atoms with E-state index < -0.39 is 0 Å². The summed E-state index contributed by atoms with van der Waals surface area (Å²) in [6, 6.07) is 0. The standard InChI is InChI=1S/C27H53O2/c1-4-6-8-10-12-14-15-17-19-21-23-25-27(28)29-26(3)24-22-20-18-16-13-11-9-7-5-2/h26H,3-25H2,1-2H3. The number of unbranched alkanes of at least 4 members (excludes halogenated alkanes) is 18. The molecule has 0 aliphatic rings. The van der Waals surface area contributed by atoms with E-state index in [-0.39, 0.29) is 12.1 Å². The molecule has 0 spiro atoms. The summed E-state index contributed by atoms with van der Waals surface area (Å²) in [6.45, 7) is 8.54. The molecular formula is C27H53O2. The second kappa shape index (κ2) is 23.7. The van der Waals surface area contributed by atoms with Crippen molar-refractivity contribution in [2.24, 2.45) is 0 Å². The van der Waals surface area contributed by atoms with Crippen LogP contribution in [0, 0.1) is 6.92 Å². The topological polar surface area (TPSA) is 26.3 Å². The van der Waals surface area contributed by atoms with E-state index in [4.69, 9.17) is 4.74 Å². The summed E-state index contributed by atoms with van der Waals surface area (Å²) < 4.78 is 5.46. The van der Waals surface area contributed by atoms with E-state index in [0.717, 1.165) is 25.7 Å². The van der Waals surface area contributed by atoms with Crippen molar-refractivity contribution >= 4 is 5.97 Å². The lowest BCUT2D eigenvalue weighted by Gasteiger charge is -2.13. The average molecular weight is 410 g/mol. The third-order valence-corrected chi connectivity index (χ3v) is 5.91. The maximum absolute atomic E-state index is 11.9. The first-order valence-electron chi connectivity index (χ1n) is 13.2. The van der Waals surface area contributed by atoms with E-state index in [1.807, 2.05) is 0 Å². The Morgan fingerprint density at radius 2 is 0.931 bits per heavy atom. The summed E-state index contributed by atoms with van der Waals surface area (Å²) in [5.74, 6) is -0.0446. The van der Waals surface area contributed by atoms with Gasteiger partial charge in [-0.25, -0.2) is 0 Å². The molecule has 0 aromatic rings. The van der Waals surface area contributed by atoms with Gasteiger partial charge in [0.05, 0.1) is 0 Å². The molecule has 2 nitrogen and oxygen atoms in total. The molecule has 0 rings (SSSR count). The summed E-state index contributed by atoms with van der Waals surface area (Å²) >= 11 is 0. The van der Waals surface area contributed by atoms with Crippen LogP contribution in [0.25, 0.3) is 0 Å². The first kappa shape index (κ1) is 28.5. The number of ether oxygens (including phenoxy) is 1. The van der Waals surface area contributed by atoms with Gasteiger partial charge in [0.25, 0.3) is 0 Å². The summed E-state index contributed by atoms with van der Waals surface area (Å²) in [7, 11) is 0. The van der Waals surface area contributed by atoms with Gasteiger partial charge in [0, 0.05) is 6.42 Å². The molecule has 1 radical (unpaired) electrons. The monoisotopic (exact) mass is 409 g/mol. The minimum Gasteiger partial charge on any atom is -0.462 e. The molecular weight excluding hydrogens is 356 g/mol. The Labute approximate surface area is 184 Å². The van der Waals surface area contributed by atoms with Crippen LogP contribution in [-0.2, 0) is 9.53 Å². The Kier molecular flexibility index (Phi) is 23.3. The van der Waals surface area contributed by atoms with Crippen LogP contribution < -0.4 is 0 Å². The minimum absolute atomic E-state index is 0.0446. The van der Waals surface area contributed by atoms with Gasteiger partial charge in [0.15, 0.2) is 0 Å². The summed E-state index contributed by atoms with van der Waals surface area (Å²) in [6.07, 6.45) is 27.6. The normalized spacial score (nSPS) is 12.2. The van der Waals surface area contributed by atoms with Gasteiger partial charge in [-0.15, -0.1) is 0 Å². The molecule has 0 saturated heterocycles. The fourth-order valence-corrected chi connectivity index (χ4v) is 3.92. The van der Waals surface area contributed by atoms with Crippen LogP contribution in [0.1, 0.15) is 155 Å². The Balaban J connectivity index is 3.30. The molecule has 0 aromatic heterocycles. The van der Waals surface area contributed by atoms with E-state index in [1.54, 1.807) is 0 Å². The van der Waals surface area contributed by atoms with Gasteiger partial charge in [0.1, 0.15) is 6.10 Å². The van der Waals surface area contributed by atoms with Gasteiger partial charge >= 0.3 is 5.97 Å². The molecule has 1 unspecified atom stereocenters. The van der Waals surface area contributed by atoms with E-state index in [1.165, 1.54) is 109 Å². The van der Waals surface area contributed by atoms with Gasteiger partial charge in [0.2, 0.25) is 0 Å². The molecule has 0 bridgehead atoms. The maximum atomic E-state index is 11.9. The van der Waals surface area contributed by atoms with Crippen molar-refractivity contribution in [3.8, 4) is 0 Å². The molecule has 2 heteroatoms. The predicted molar refractivity (Wildman–Crippen MR) is 128 cm³/mol. The van der Waals surface area contributed by atoms with Crippen LogP contribution >= 0.6 is 0 Å². The van der Waals surface area contributed by atoms with Gasteiger partial charge in [-0.1, -0.05) is 129 Å². The van der Waals surface area contributed by atoms with E-state index >= 15 is 0 Å². The van der Waals surface area contributed by atoms with Gasteiger partial charge in [-0.3, -0.25) is 4.79 Å². The lowest BCUT2D eigenvalue weighted by Crippen LogP contribution is -2.14. The van der Waals surface area contributed by atoms with Crippen LogP contribution in [-0.4, -0.2) is 12.1 Å². The molecule has 29 heavy (non-hydrogen) atoms. The smallest absolute Gasteiger partial charge is 0.306 e. The lowest BCUT2D eigenvalue weighted by molar-refractivity contribution is -0.147. The van der Waals surface area contributed by atoms with E-state index in [9.17, 15) is 4.79 Å². The molecule has 0 aliphatic heterocycles. The van der Waals surface area contributed by atoms with Crippen molar-refractivity contribution in [3.63, 3.8) is 0 Å². The highest BCUT2D eigenvalue weighted by molar-refractivity contribution is 5.69. The largest absolute Gasteiger partial charge is 0.462 e. The Morgan fingerprint density at radius 3 is 1.34 bits per heavy atom. The van der Waals surface area contributed by atoms with Gasteiger partial charge in [-0.05, 0) is 26.2 Å². The highest BCUT2D eigenvalue weighted by Gasteiger charge is 2.09. The Morgan fingerprint density at radius 1 is 0.586 bits per heavy atom. The number of esters is 1. The van der Waals surface area contributed by atoms with Gasteiger partial charge < -0.3 is 4.74 Å². The molecule has 0 fully saturated rings. The van der Waals surface area contributed by atoms with Crippen molar-refractivity contribution < 1.29 is 9.53 Å². The predicted octanol–water partition coefficient (Wildman–Crippen LogP) is 9.35. The van der Waals surface area contributed by atoms with Crippen molar-refractivity contribution in [1.82, 2.24) is 0 Å². The average Bonchev–Trinajstić information content (AvgIpc) is 2.70. The molecule has 0 N–H and O–H groups in total. The van der Waals surface area contributed by atoms with Gasteiger partial charge in [-0.2, -0.15) is 0 Å². The summed E-state index contributed by atoms with van der Waals surface area (Å²) in [5.41, 5.74) is 0. The molecule has 173 valence electrons. The van der Waals surface area contributed by atoms with Crippen molar-refractivity contribution in [2.75, 3.05) is 0 Å². The van der Waals surface area contributed by atoms with Crippen molar-refractivity contribution in [3.05, 3.63) is 6.92 Å². The molecule has 0 aromatic carbocycles. The van der Waals surface area contributed by atoms with E-state index in [2.05, 4.69) is 20.8 Å². The molecule has 0 aliphatic carbocycles. The zero-order valence-electron chi connectivity index (χ0n) is 20.2. The first-order chi connectivity index (χ1) is 14.2. The molecule has 0 amide bonds. The maximum Gasteiger partial charge on any atom is 0.306 e. The molecule has 0 saturated carbocycles. The van der Waals surface area contributed by atoms with Crippen LogP contribution in [0.15, 0.2) is 0 Å². The fraction of sp³-hybridized carbons (Fsp3) is 0.926. The Hall–Kier alpha value is -0.530. The van der Waals surface area contributed by atoms with Crippen molar-refractivity contribution in [2.45, 2.75) is 161 Å². The summed E-state index contributed by atoms with van der Waals surface area (Å²) in [5, 5.41) is 0. The quantitative estimate of drug-likeness (QED) is 0.124. The van der Waals surface area contributed by atoms with Crippen molar-refractivity contribution in [1.29, 1.82) is 0 Å². The SMILES string of the molecule is [CH2]C(CCCCCCCCCCC)OC(=O)CCCCCCCCCCCCC. The number of carbonyl (C=O) groups excluding carboxylic acids is 1. The van der Waals surface area contributed by atoms with Crippen LogP contribution in [0.4, 0.5) is 0 Å². The number of rotatable bonds is 23. The zero-order chi connectivity index (χ0) is 21.4. The lowest BCUT2D eigenvalue weighted by atomic mass is 10.1. The van der Waals surface area contributed by atoms with E-state index in [0.29, 0.717) is 6.42 Å². The first-order valence-corrected chi connectivity index (χ1v) is 13.2. The summed E-state index contributed by atoms with van der Waals surface area (Å²) in [4.78, 5) is 11.9. The number of hydrogen-bond donors (Lipinski definition) is 0. The number of carbonyl (C=O) groups is 1. The van der Waals surface area contributed by atoms with Crippen LogP contribution in [0.3, 0.4) is 0 Å². The second-order valence-corrected chi connectivity index (χ2v) is 9.01. The highest BCUT2D eigenvalue weighted by Crippen LogP contribution is 2.14. The van der Waals surface area contributed by atoms with Crippen LogP contribution in [0.5, 0.6) is 0 Å².